The van der Waals surface area contributed by atoms with E-state index in [1.165, 1.54) is 6.07 Å². The summed E-state index contributed by atoms with van der Waals surface area (Å²) >= 11 is 2.88. The van der Waals surface area contributed by atoms with E-state index in [-0.39, 0.29) is 10.0 Å². The van der Waals surface area contributed by atoms with Crippen LogP contribution in [0.3, 0.4) is 0 Å². The highest BCUT2D eigenvalue weighted by Gasteiger charge is 2.12. The van der Waals surface area contributed by atoms with Crippen LogP contribution in [-0.2, 0) is 14.8 Å². The zero-order valence-electron chi connectivity index (χ0n) is 6.67. The molecule has 0 amide bonds. The van der Waals surface area contributed by atoms with Crippen molar-refractivity contribution in [1.82, 2.24) is 0 Å². The molecule has 0 heterocycles. The van der Waals surface area contributed by atoms with Crippen molar-refractivity contribution in [3.8, 4) is 5.75 Å². The Morgan fingerprint density at radius 3 is 2.50 bits per heavy atom. The topological polar surface area (TPSA) is 54.4 Å². The van der Waals surface area contributed by atoms with Crippen LogP contribution in [0.25, 0.3) is 0 Å². The lowest BCUT2D eigenvalue weighted by Crippen LogP contribution is -1.96. The molecule has 0 saturated heterocycles. The van der Waals surface area contributed by atoms with E-state index in [0.29, 0.717) is 0 Å². The minimum absolute atomic E-state index is 0.0906. The Morgan fingerprint density at radius 2 is 2.07 bits per heavy atom. The molecule has 1 rings (SSSR count). The van der Waals surface area contributed by atoms with E-state index in [9.17, 15) is 12.8 Å². The number of hydrogen-bond acceptors (Lipinski definition) is 3. The van der Waals surface area contributed by atoms with Crippen LogP contribution in [0.1, 0.15) is 5.56 Å². The van der Waals surface area contributed by atoms with Gasteiger partial charge in [-0.3, -0.25) is 0 Å². The highest BCUT2D eigenvalue weighted by molar-refractivity contribution is 9.10. The molecule has 0 bridgehead atoms. The predicted molar refractivity (Wildman–Crippen MR) is 54.2 cm³/mol. The van der Waals surface area contributed by atoms with Crippen LogP contribution in [0, 0.1) is 5.82 Å². The highest BCUT2D eigenvalue weighted by atomic mass is 79.9. The minimum Gasteiger partial charge on any atom is -0.504 e. The van der Waals surface area contributed by atoms with Crippen LogP contribution in [-0.4, -0.2) is 13.5 Å². The van der Waals surface area contributed by atoms with Crippen LogP contribution in [0.5, 0.6) is 5.75 Å². The first kappa shape index (κ1) is 11.7. The van der Waals surface area contributed by atoms with E-state index in [1.54, 1.807) is 0 Å². The summed E-state index contributed by atoms with van der Waals surface area (Å²) in [7, 11) is 1.26. The van der Waals surface area contributed by atoms with Crippen molar-refractivity contribution >= 4 is 35.7 Å². The summed E-state index contributed by atoms with van der Waals surface area (Å²) in [4.78, 5) is 0. The maximum Gasteiger partial charge on any atom is 0.236 e. The highest BCUT2D eigenvalue weighted by Crippen LogP contribution is 2.29. The molecule has 1 N–H and O–H groups in total. The predicted octanol–water partition coefficient (Wildman–Crippen LogP) is 2.36. The van der Waals surface area contributed by atoms with Crippen molar-refractivity contribution in [1.29, 1.82) is 0 Å². The SMILES string of the molecule is O=S(=O)(Cl)Cc1cc(F)c(O)c(Br)c1. The monoisotopic (exact) mass is 302 g/mol. The van der Waals surface area contributed by atoms with E-state index < -0.39 is 26.4 Å². The second-order valence-electron chi connectivity index (χ2n) is 2.59. The van der Waals surface area contributed by atoms with Crippen molar-refractivity contribution in [3.63, 3.8) is 0 Å². The van der Waals surface area contributed by atoms with E-state index in [0.717, 1.165) is 6.07 Å². The van der Waals surface area contributed by atoms with E-state index >= 15 is 0 Å². The smallest absolute Gasteiger partial charge is 0.236 e. The quantitative estimate of drug-likeness (QED) is 0.853. The van der Waals surface area contributed by atoms with Gasteiger partial charge in [-0.25, -0.2) is 12.8 Å². The van der Waals surface area contributed by atoms with Crippen molar-refractivity contribution in [3.05, 3.63) is 28.0 Å². The van der Waals surface area contributed by atoms with Gasteiger partial charge in [-0.15, -0.1) is 0 Å². The molecule has 0 saturated carbocycles. The van der Waals surface area contributed by atoms with Gasteiger partial charge in [0.05, 0.1) is 10.2 Å². The number of aromatic hydroxyl groups is 1. The molecule has 78 valence electrons. The Morgan fingerprint density at radius 1 is 1.50 bits per heavy atom. The first-order chi connectivity index (χ1) is 6.29. The fourth-order valence-corrected chi connectivity index (χ4v) is 2.33. The van der Waals surface area contributed by atoms with E-state index in [1.807, 2.05) is 0 Å². The third-order valence-corrected chi connectivity index (χ3v) is 3.03. The normalized spacial score (nSPS) is 11.6. The van der Waals surface area contributed by atoms with Gasteiger partial charge in [-0.1, -0.05) is 0 Å². The summed E-state index contributed by atoms with van der Waals surface area (Å²) in [6, 6.07) is 2.21. The second kappa shape index (κ2) is 4.04. The number of rotatable bonds is 2. The lowest BCUT2D eigenvalue weighted by Gasteiger charge is -2.02. The van der Waals surface area contributed by atoms with Gasteiger partial charge in [-0.05, 0) is 33.6 Å². The summed E-state index contributed by atoms with van der Waals surface area (Å²) in [6.45, 7) is 0. The number of hydrogen-bond donors (Lipinski definition) is 1. The molecule has 14 heavy (non-hydrogen) atoms. The largest absolute Gasteiger partial charge is 0.504 e. The van der Waals surface area contributed by atoms with Gasteiger partial charge in [0.15, 0.2) is 11.6 Å². The van der Waals surface area contributed by atoms with Gasteiger partial charge < -0.3 is 5.11 Å². The van der Waals surface area contributed by atoms with Gasteiger partial charge in [-0.2, -0.15) is 0 Å². The molecule has 0 fully saturated rings. The molecule has 1 aromatic rings. The average Bonchev–Trinajstić information content (AvgIpc) is 1.96. The third kappa shape index (κ3) is 3.11. The maximum absolute atomic E-state index is 12.9. The number of phenols is 1. The molecule has 7 heteroatoms. The zero-order chi connectivity index (χ0) is 10.9. The molecule has 0 aliphatic rings. The molecule has 0 aromatic heterocycles. The summed E-state index contributed by atoms with van der Waals surface area (Å²) in [6.07, 6.45) is 0. The fraction of sp³-hybridized carbons (Fsp3) is 0.143. The van der Waals surface area contributed by atoms with Crippen LogP contribution in [0.4, 0.5) is 4.39 Å². The number of halogens is 3. The lowest BCUT2D eigenvalue weighted by molar-refractivity contribution is 0.428. The summed E-state index contributed by atoms with van der Waals surface area (Å²) < 4.78 is 34.3. The summed E-state index contributed by atoms with van der Waals surface area (Å²) in [5, 5.41) is 9.02. The minimum atomic E-state index is -3.72. The Bertz CT molecular complexity index is 437. The molecular weight excluding hydrogens is 298 g/mol. The molecule has 0 atom stereocenters. The van der Waals surface area contributed by atoms with Gasteiger partial charge in [0.2, 0.25) is 9.05 Å². The van der Waals surface area contributed by atoms with Gasteiger partial charge in [0, 0.05) is 10.7 Å². The fourth-order valence-electron chi connectivity index (χ4n) is 0.900. The van der Waals surface area contributed by atoms with Crippen LogP contribution in [0.15, 0.2) is 16.6 Å². The molecule has 0 aliphatic carbocycles. The number of phenolic OH excluding ortho intramolecular Hbond substituents is 1. The molecule has 0 spiro atoms. The van der Waals surface area contributed by atoms with E-state index in [4.69, 9.17) is 15.8 Å². The second-order valence-corrected chi connectivity index (χ2v) is 6.22. The third-order valence-electron chi connectivity index (χ3n) is 1.42. The zero-order valence-corrected chi connectivity index (χ0v) is 9.83. The molecule has 3 nitrogen and oxygen atoms in total. The van der Waals surface area contributed by atoms with Crippen molar-refractivity contribution in [2.45, 2.75) is 5.75 Å². The van der Waals surface area contributed by atoms with Crippen LogP contribution in [0.2, 0.25) is 0 Å². The Hall–Kier alpha value is -0.330. The Kier molecular flexibility index (Phi) is 3.39. The Labute approximate surface area is 93.1 Å². The lowest BCUT2D eigenvalue weighted by atomic mass is 10.2. The van der Waals surface area contributed by atoms with Gasteiger partial charge in [0.1, 0.15) is 0 Å². The Balaban J connectivity index is 3.14. The molecule has 0 unspecified atom stereocenters. The van der Waals surface area contributed by atoms with Gasteiger partial charge >= 0.3 is 0 Å². The number of benzene rings is 1. The summed E-state index contributed by atoms with van der Waals surface area (Å²) in [5.74, 6) is -1.93. The average molecular weight is 304 g/mol. The van der Waals surface area contributed by atoms with Crippen molar-refractivity contribution in [2.75, 3.05) is 0 Å². The van der Waals surface area contributed by atoms with Crippen LogP contribution >= 0.6 is 26.6 Å². The standard InChI is InChI=1S/C7H5BrClFO3S/c8-5-1-4(3-14(9,12)13)2-6(10)7(5)11/h1-2,11H,3H2. The van der Waals surface area contributed by atoms with Gasteiger partial charge in [0.25, 0.3) is 0 Å². The molecular formula is C7H5BrClFO3S. The summed E-state index contributed by atoms with van der Waals surface area (Å²) in [5.41, 5.74) is 0.169. The van der Waals surface area contributed by atoms with Crippen molar-refractivity contribution < 1.29 is 17.9 Å². The first-order valence-electron chi connectivity index (χ1n) is 3.39. The van der Waals surface area contributed by atoms with Crippen molar-refractivity contribution in [2.24, 2.45) is 0 Å². The van der Waals surface area contributed by atoms with Crippen LogP contribution < -0.4 is 0 Å². The molecule has 0 aliphatic heterocycles. The maximum atomic E-state index is 12.9. The van der Waals surface area contributed by atoms with E-state index in [2.05, 4.69) is 15.9 Å². The molecule has 1 aromatic carbocycles. The molecule has 0 radical (unpaired) electrons. The first-order valence-corrected chi connectivity index (χ1v) is 6.66.